The van der Waals surface area contributed by atoms with Gasteiger partial charge in [0.2, 0.25) is 0 Å². The van der Waals surface area contributed by atoms with Crippen LogP contribution in [0.15, 0.2) is 0 Å². The molecule has 0 aliphatic carbocycles. The summed E-state index contributed by atoms with van der Waals surface area (Å²) in [4.78, 5) is 0. The van der Waals surface area contributed by atoms with Crippen molar-refractivity contribution in [3.8, 4) is 0 Å². The molecule has 0 unspecified atom stereocenters. The molecular formula is H12B4IrO12. The zero-order chi connectivity index (χ0) is 14.3. The average molecular weight is 440 g/mol. The van der Waals surface area contributed by atoms with Crippen LogP contribution in [0.2, 0.25) is 0 Å². The van der Waals surface area contributed by atoms with E-state index in [0.717, 1.165) is 0 Å². The molecule has 12 N–H and O–H groups in total. The van der Waals surface area contributed by atoms with Crippen LogP contribution in [0.1, 0.15) is 0 Å². The second-order valence-electron chi connectivity index (χ2n) is 1.39. The monoisotopic (exact) mass is 441 g/mol. The van der Waals surface area contributed by atoms with Crippen molar-refractivity contribution < 1.29 is 80.4 Å². The fourth-order valence-corrected chi connectivity index (χ4v) is 0. The quantitative estimate of drug-likeness (QED) is 0.157. The predicted octanol–water partition coefficient (Wildman–Crippen LogP) is -8.21. The van der Waals surface area contributed by atoms with Gasteiger partial charge in [0.15, 0.2) is 0 Å². The molecule has 0 spiro atoms. The minimum absolute atomic E-state index is 0. The largest absolute Gasteiger partial charge is 0.631 e. The van der Waals surface area contributed by atoms with Crippen LogP contribution in [-0.2, 0) is 20.1 Å². The molecule has 0 atom stereocenters. The van der Waals surface area contributed by atoms with Crippen LogP contribution in [0.5, 0.6) is 0 Å². The molecule has 0 aliphatic rings. The van der Waals surface area contributed by atoms with Gasteiger partial charge in [-0.3, -0.25) is 0 Å². The van der Waals surface area contributed by atoms with E-state index in [0.29, 0.717) is 0 Å². The summed E-state index contributed by atoms with van der Waals surface area (Å²) in [6.45, 7) is 0. The second-order valence-corrected chi connectivity index (χ2v) is 1.39. The van der Waals surface area contributed by atoms with Gasteiger partial charge < -0.3 is 60.3 Å². The molecule has 1 radical (unpaired) electrons. The smallest absolute Gasteiger partial charge is 0.402 e. The van der Waals surface area contributed by atoms with Crippen molar-refractivity contribution in [1.29, 1.82) is 0 Å². The predicted molar refractivity (Wildman–Crippen MR) is 49.6 cm³/mol. The molecular weight excluding hydrogens is 427 g/mol. The Hall–Kier alpha value is 0.429. The first-order chi connectivity index (χ1) is 6.93. The van der Waals surface area contributed by atoms with Gasteiger partial charge in [0.05, 0.1) is 0 Å². The molecule has 12 nitrogen and oxygen atoms in total. The molecule has 0 fully saturated rings. The summed E-state index contributed by atoms with van der Waals surface area (Å²) >= 11 is 0. The zero-order valence-electron chi connectivity index (χ0n) is 8.01. The average Bonchev–Trinajstić information content (AvgIpc) is 1.76. The third kappa shape index (κ3) is 18600. The summed E-state index contributed by atoms with van der Waals surface area (Å²) in [5, 5.41) is 86.0. The summed E-state index contributed by atoms with van der Waals surface area (Å²) in [6, 6.07) is 0. The van der Waals surface area contributed by atoms with E-state index in [2.05, 4.69) is 0 Å². The van der Waals surface area contributed by atoms with Gasteiger partial charge >= 0.3 is 29.3 Å². The van der Waals surface area contributed by atoms with Crippen molar-refractivity contribution in [1.82, 2.24) is 0 Å². The minimum atomic E-state index is -2.17. The van der Waals surface area contributed by atoms with Gasteiger partial charge in [-0.05, 0) is 0 Å². The molecule has 0 aromatic carbocycles. The molecule has 0 saturated heterocycles. The maximum absolute atomic E-state index is 7.17. The molecule has 17 heavy (non-hydrogen) atoms. The van der Waals surface area contributed by atoms with Crippen LogP contribution in [0.3, 0.4) is 0 Å². The van der Waals surface area contributed by atoms with E-state index in [1.165, 1.54) is 0 Å². The minimum Gasteiger partial charge on any atom is -0.402 e. The Balaban J connectivity index is -0.0000000369. The molecule has 0 aromatic rings. The molecule has 0 heterocycles. The second kappa shape index (κ2) is 25.3. The Morgan fingerprint density at radius 2 is 0.294 bits per heavy atom. The maximum atomic E-state index is 7.17. The van der Waals surface area contributed by atoms with E-state index in [9.17, 15) is 0 Å². The van der Waals surface area contributed by atoms with Crippen LogP contribution in [0, 0.1) is 0 Å². The topological polar surface area (TPSA) is 243 Å². The van der Waals surface area contributed by atoms with E-state index in [-0.39, 0.29) is 20.1 Å². The Bertz CT molecular complexity index is 61.5. The Kier molecular flexibility index (Phi) is 45.4. The molecule has 0 rings (SSSR count). The van der Waals surface area contributed by atoms with E-state index in [1.54, 1.807) is 0 Å². The molecule has 0 aliphatic heterocycles. The van der Waals surface area contributed by atoms with Crippen LogP contribution < -0.4 is 0 Å². The molecule has 0 bridgehead atoms. The summed E-state index contributed by atoms with van der Waals surface area (Å²) in [5.41, 5.74) is 0. The molecule has 0 aromatic heterocycles. The first-order valence-electron chi connectivity index (χ1n) is 3.10. The Morgan fingerprint density at radius 3 is 0.294 bits per heavy atom. The fourth-order valence-electron chi connectivity index (χ4n) is 0. The van der Waals surface area contributed by atoms with Crippen LogP contribution >= 0.6 is 0 Å². The summed E-state index contributed by atoms with van der Waals surface area (Å²) in [6.07, 6.45) is 0. The third-order valence-electron chi connectivity index (χ3n) is 0. The van der Waals surface area contributed by atoms with Gasteiger partial charge in [0.25, 0.3) is 0 Å². The van der Waals surface area contributed by atoms with E-state index < -0.39 is 29.3 Å². The van der Waals surface area contributed by atoms with Crippen molar-refractivity contribution in [2.75, 3.05) is 0 Å². The van der Waals surface area contributed by atoms with E-state index in [4.69, 9.17) is 60.3 Å². The molecule has 105 valence electrons. The number of rotatable bonds is 0. The van der Waals surface area contributed by atoms with Crippen molar-refractivity contribution >= 4 is 29.3 Å². The third-order valence-corrected chi connectivity index (χ3v) is 0. The molecule has 0 saturated carbocycles. The van der Waals surface area contributed by atoms with Gasteiger partial charge in [-0.25, -0.2) is 0 Å². The van der Waals surface area contributed by atoms with Gasteiger partial charge in [0.1, 0.15) is 0 Å². The number of hydrogen-bond donors (Lipinski definition) is 12. The first kappa shape index (κ1) is 30.5. The zero-order valence-corrected chi connectivity index (χ0v) is 10.4. The first-order valence-corrected chi connectivity index (χ1v) is 3.10. The normalized spacial score (nSPS) is 6.35. The standard InChI is InChI=1S/4BH3O3.Ir/c4*2-1(3)4;/h4*2-4H;. The van der Waals surface area contributed by atoms with Crippen LogP contribution in [0.25, 0.3) is 0 Å². The van der Waals surface area contributed by atoms with Gasteiger partial charge in [-0.1, -0.05) is 0 Å². The van der Waals surface area contributed by atoms with Crippen molar-refractivity contribution in [2.24, 2.45) is 0 Å². The van der Waals surface area contributed by atoms with Gasteiger partial charge in [-0.15, -0.1) is 0 Å². The Morgan fingerprint density at radius 1 is 0.294 bits per heavy atom. The SMILES string of the molecule is OB(O)O.OB(O)O.OB(O)O.OB(O)O.[Ir]. The Labute approximate surface area is 110 Å². The molecule has 17 heteroatoms. The summed E-state index contributed by atoms with van der Waals surface area (Å²) in [5.74, 6) is 0. The van der Waals surface area contributed by atoms with E-state index >= 15 is 0 Å². The summed E-state index contributed by atoms with van der Waals surface area (Å²) < 4.78 is 0. The maximum Gasteiger partial charge on any atom is 0.631 e. The van der Waals surface area contributed by atoms with Crippen molar-refractivity contribution in [2.45, 2.75) is 0 Å². The summed E-state index contributed by atoms with van der Waals surface area (Å²) in [7, 11) is -8.67. The van der Waals surface area contributed by atoms with Crippen molar-refractivity contribution in [3.63, 3.8) is 0 Å². The number of hydrogen-bond acceptors (Lipinski definition) is 12. The van der Waals surface area contributed by atoms with Gasteiger partial charge in [0, 0.05) is 20.1 Å². The molecule has 0 amide bonds. The van der Waals surface area contributed by atoms with Crippen LogP contribution in [0.4, 0.5) is 0 Å². The van der Waals surface area contributed by atoms with Gasteiger partial charge in [-0.2, -0.15) is 0 Å². The van der Waals surface area contributed by atoms with Crippen molar-refractivity contribution in [3.05, 3.63) is 0 Å². The fraction of sp³-hybridized carbons (Fsp3) is 0. The van der Waals surface area contributed by atoms with E-state index in [1.807, 2.05) is 0 Å². The van der Waals surface area contributed by atoms with Crippen LogP contribution in [-0.4, -0.2) is 89.6 Å².